The van der Waals surface area contributed by atoms with Gasteiger partial charge in [-0.25, -0.2) is 8.78 Å². The van der Waals surface area contributed by atoms with E-state index in [0.29, 0.717) is 17.5 Å². The number of amidine groups is 1. The van der Waals surface area contributed by atoms with E-state index in [1.54, 1.807) is 17.7 Å². The van der Waals surface area contributed by atoms with Gasteiger partial charge in [0, 0.05) is 29.0 Å². The van der Waals surface area contributed by atoms with Gasteiger partial charge in [0.15, 0.2) is 0 Å². The molecule has 0 saturated heterocycles. The second-order valence-corrected chi connectivity index (χ2v) is 13.2. The van der Waals surface area contributed by atoms with Gasteiger partial charge in [-0.05, 0) is 71.8 Å². The summed E-state index contributed by atoms with van der Waals surface area (Å²) < 4.78 is 27.4. The minimum atomic E-state index is -0.686. The van der Waals surface area contributed by atoms with Crippen molar-refractivity contribution >= 4 is 41.5 Å². The van der Waals surface area contributed by atoms with Gasteiger partial charge in [-0.15, -0.1) is 0 Å². The number of benzene rings is 4. The molecule has 2 heterocycles. The van der Waals surface area contributed by atoms with Crippen LogP contribution >= 0.6 is 18.6 Å². The predicted octanol–water partition coefficient (Wildman–Crippen LogP) is 10.1. The monoisotopic (exact) mass is 639 g/mol. The van der Waals surface area contributed by atoms with E-state index < -0.39 is 28.7 Å². The first-order valence-electron chi connectivity index (χ1n) is 13.6. The molecule has 1 aliphatic carbocycles. The maximum absolute atomic E-state index is 13.7. The second-order valence-electron chi connectivity index (χ2n) is 10.6. The Morgan fingerprint density at radius 3 is 2.07 bits per heavy atom. The molecule has 7 rings (SSSR count). The summed E-state index contributed by atoms with van der Waals surface area (Å²) in [5.74, 6) is 0.770. The number of hydrogen-bond acceptors (Lipinski definition) is 1. The number of hydrogen-bond donors (Lipinski definition) is 0. The zero-order valence-corrected chi connectivity index (χ0v) is 26.9. The third-order valence-corrected chi connectivity index (χ3v) is 8.45. The van der Waals surface area contributed by atoms with Crippen molar-refractivity contribution in [2.24, 2.45) is 11.8 Å². The van der Waals surface area contributed by atoms with Gasteiger partial charge in [0.2, 0.25) is 0 Å². The SMILES string of the molecule is CC1CC2c3ccccc3N(c3ccccc3)C2C1C.[CH3-].[Cl][Ti][Cl].[N-]=C1c2ccccc2CN1c1c(F)cccc1F. The number of anilines is 3. The molecule has 218 valence electrons. The Balaban J connectivity index is 0.000000174. The van der Waals surface area contributed by atoms with Crippen LogP contribution in [0, 0.1) is 30.9 Å². The van der Waals surface area contributed by atoms with Crippen molar-refractivity contribution in [3.63, 3.8) is 0 Å². The van der Waals surface area contributed by atoms with E-state index in [2.05, 4.69) is 73.3 Å². The zero-order valence-electron chi connectivity index (χ0n) is 23.8. The van der Waals surface area contributed by atoms with Crippen molar-refractivity contribution in [2.45, 2.75) is 38.8 Å². The molecule has 1 fully saturated rings. The summed E-state index contributed by atoms with van der Waals surface area (Å²) in [4.78, 5) is 3.84. The molecule has 0 aromatic heterocycles. The Bertz CT molecular complexity index is 1500. The van der Waals surface area contributed by atoms with Crippen molar-refractivity contribution in [3.8, 4) is 0 Å². The topological polar surface area (TPSA) is 28.8 Å². The number of fused-ring (bicyclic) bond motifs is 4. The summed E-state index contributed by atoms with van der Waals surface area (Å²) in [7, 11) is 9.78. The van der Waals surface area contributed by atoms with E-state index in [0.717, 1.165) is 17.4 Å². The summed E-state index contributed by atoms with van der Waals surface area (Å²) in [6.45, 7) is 5.10. The van der Waals surface area contributed by atoms with E-state index in [1.807, 2.05) is 12.1 Å². The summed E-state index contributed by atoms with van der Waals surface area (Å²) in [5, 5.41) is 10.1. The van der Waals surface area contributed by atoms with Crippen LogP contribution in [-0.2, 0) is 23.6 Å². The molecule has 42 heavy (non-hydrogen) atoms. The molecule has 0 radical (unpaired) electrons. The molecule has 8 heteroatoms. The first kappa shape index (κ1) is 32.2. The predicted molar refractivity (Wildman–Crippen MR) is 169 cm³/mol. The molecule has 3 nitrogen and oxygen atoms in total. The Morgan fingerprint density at radius 2 is 1.40 bits per heavy atom. The maximum atomic E-state index is 13.7. The van der Waals surface area contributed by atoms with Crippen LogP contribution in [0.2, 0.25) is 0 Å². The summed E-state index contributed by atoms with van der Waals surface area (Å²) >= 11 is -0.556. The van der Waals surface area contributed by atoms with E-state index in [1.165, 1.54) is 40.9 Å². The number of rotatable bonds is 2. The number of halogens is 4. The van der Waals surface area contributed by atoms with Gasteiger partial charge in [0.05, 0.1) is 0 Å². The van der Waals surface area contributed by atoms with Crippen LogP contribution in [0.1, 0.15) is 42.9 Å². The quantitative estimate of drug-likeness (QED) is 0.161. The van der Waals surface area contributed by atoms with E-state index in [-0.39, 0.29) is 25.5 Å². The van der Waals surface area contributed by atoms with Crippen LogP contribution in [0.5, 0.6) is 0 Å². The van der Waals surface area contributed by atoms with Crippen molar-refractivity contribution in [2.75, 3.05) is 9.80 Å². The van der Waals surface area contributed by atoms with Crippen LogP contribution in [-0.4, -0.2) is 11.9 Å². The fourth-order valence-electron chi connectivity index (χ4n) is 6.46. The van der Waals surface area contributed by atoms with E-state index >= 15 is 0 Å². The van der Waals surface area contributed by atoms with E-state index in [9.17, 15) is 14.2 Å². The zero-order chi connectivity index (χ0) is 29.1. The van der Waals surface area contributed by atoms with Gasteiger partial charge in [-0.3, -0.25) is 0 Å². The molecular formula is C34H33Cl2F2N3Ti-2. The molecule has 0 spiro atoms. The van der Waals surface area contributed by atoms with Crippen molar-refractivity contribution < 1.29 is 25.8 Å². The Labute approximate surface area is 264 Å². The van der Waals surface area contributed by atoms with Gasteiger partial charge >= 0.3 is 35.6 Å². The van der Waals surface area contributed by atoms with Gasteiger partial charge in [0.1, 0.15) is 11.6 Å². The normalized spacial score (nSPS) is 21.1. The van der Waals surface area contributed by atoms with Crippen LogP contribution in [0.4, 0.5) is 25.8 Å². The first-order valence-corrected chi connectivity index (χ1v) is 17.9. The maximum Gasteiger partial charge on any atom is 0.129 e. The molecule has 3 aliphatic rings. The van der Waals surface area contributed by atoms with Gasteiger partial charge < -0.3 is 22.6 Å². The molecule has 4 aromatic rings. The van der Waals surface area contributed by atoms with Crippen molar-refractivity contribution in [1.82, 2.24) is 0 Å². The van der Waals surface area contributed by atoms with Crippen molar-refractivity contribution in [1.29, 1.82) is 0 Å². The standard InChI is InChI=1S/C19H21N.C14H9F2N2.CH3.2ClH.Ti/c1-13-12-17-16-10-6-7-11-18(16)20(19(17)14(13)2)15-8-4-3-5-9-15;15-11-6-3-7-12(16)13(11)18-8-9-4-1-2-5-10(9)14(18)17;;;;/h3-11,13-14,17,19H,12H2,1-2H3;1-7H,8H2;1H3;2*1H;/q;2*-1;;;+2/p-2. The smallest absolute Gasteiger partial charge is 0.129 e. The van der Waals surface area contributed by atoms with Gasteiger partial charge in [-0.2, -0.15) is 0 Å². The van der Waals surface area contributed by atoms with Crippen LogP contribution in [0.25, 0.3) is 5.41 Å². The molecule has 4 unspecified atom stereocenters. The molecule has 0 N–H and O–H groups in total. The number of para-hydroxylation sites is 3. The van der Waals surface area contributed by atoms with Crippen LogP contribution in [0.15, 0.2) is 97.1 Å². The Kier molecular flexibility index (Phi) is 10.9. The summed E-state index contributed by atoms with van der Waals surface area (Å²) in [5.41, 5.74) is 5.56. The minimum Gasteiger partial charge on any atom is -0.464 e. The summed E-state index contributed by atoms with van der Waals surface area (Å²) in [6, 6.07) is 31.3. The fourth-order valence-corrected chi connectivity index (χ4v) is 6.46. The molecule has 4 atom stereocenters. The first-order chi connectivity index (χ1) is 19.9. The molecular weight excluding hydrogens is 607 g/mol. The Morgan fingerprint density at radius 1 is 0.810 bits per heavy atom. The fraction of sp³-hybridized carbons (Fsp3) is 0.235. The van der Waals surface area contributed by atoms with E-state index in [4.69, 9.17) is 18.6 Å². The average molecular weight is 640 g/mol. The summed E-state index contributed by atoms with van der Waals surface area (Å²) in [6.07, 6.45) is 1.33. The molecule has 0 amide bonds. The second kappa shape index (κ2) is 14.2. The van der Waals surface area contributed by atoms with Crippen molar-refractivity contribution in [3.05, 3.63) is 138 Å². The molecule has 4 aromatic carbocycles. The molecule has 0 bridgehead atoms. The third-order valence-electron chi connectivity index (χ3n) is 8.45. The molecule has 1 saturated carbocycles. The Hall–Kier alpha value is -2.70. The third kappa shape index (κ3) is 6.16. The van der Waals surface area contributed by atoms with Gasteiger partial charge in [0.25, 0.3) is 0 Å². The number of nitrogens with zero attached hydrogens (tertiary/aromatic N) is 3. The van der Waals surface area contributed by atoms with Crippen LogP contribution < -0.4 is 9.80 Å². The van der Waals surface area contributed by atoms with Gasteiger partial charge in [-0.1, -0.05) is 86.4 Å². The largest absolute Gasteiger partial charge is 0.464 e. The van der Waals surface area contributed by atoms with Crippen LogP contribution in [0.3, 0.4) is 0 Å². The average Bonchev–Trinajstić information content (AvgIpc) is 3.59. The minimum absolute atomic E-state index is 0. The molecule has 2 aliphatic heterocycles.